The second-order valence-corrected chi connectivity index (χ2v) is 3.82. The molecule has 84 valence electrons. The van der Waals surface area contributed by atoms with Gasteiger partial charge in [0.15, 0.2) is 11.6 Å². The lowest BCUT2D eigenvalue weighted by Gasteiger charge is -2.10. The fraction of sp³-hybridized carbons (Fsp3) is 0.100. The first kappa shape index (κ1) is 10.8. The molecule has 0 aliphatic carbocycles. The Morgan fingerprint density at radius 1 is 1.56 bits per heavy atom. The first-order valence-corrected chi connectivity index (χ1v) is 4.87. The molecule has 1 aromatic heterocycles. The number of hydrazine groups is 1. The molecule has 0 aliphatic rings. The number of hydrogen-bond donors (Lipinski definition) is 3. The molecule has 0 amide bonds. The van der Waals surface area contributed by atoms with Gasteiger partial charge in [0.2, 0.25) is 5.76 Å². The predicted octanol–water partition coefficient (Wildman–Crippen LogP) is 1.92. The normalized spacial score (nSPS) is 10.7. The number of furan rings is 1. The number of nitrogens with one attached hydrogen (secondary N) is 1. The van der Waals surface area contributed by atoms with Crippen molar-refractivity contribution in [3.05, 3.63) is 29.0 Å². The van der Waals surface area contributed by atoms with Crippen LogP contribution in [0.25, 0.3) is 11.0 Å². The minimum absolute atomic E-state index is 0.0299. The molecule has 0 spiro atoms. The maximum absolute atomic E-state index is 9.84. The average Bonchev–Trinajstić information content (AvgIpc) is 2.54. The number of rotatable bonds is 1. The lowest BCUT2D eigenvalue weighted by molar-refractivity contribution is 0.447. The van der Waals surface area contributed by atoms with E-state index in [4.69, 9.17) is 27.3 Å². The molecule has 0 bridgehead atoms. The molecule has 4 N–H and O–H groups in total. The zero-order chi connectivity index (χ0) is 11.9. The number of amidine groups is 1. The van der Waals surface area contributed by atoms with Crippen LogP contribution in [0.2, 0.25) is 5.02 Å². The van der Waals surface area contributed by atoms with E-state index in [1.807, 2.05) is 0 Å². The van der Waals surface area contributed by atoms with Crippen LogP contribution in [0.1, 0.15) is 5.76 Å². The highest BCUT2D eigenvalue weighted by atomic mass is 35.5. The van der Waals surface area contributed by atoms with E-state index in [0.717, 1.165) is 5.01 Å². The summed E-state index contributed by atoms with van der Waals surface area (Å²) in [6, 6.07) is 4.84. The number of halogens is 1. The van der Waals surface area contributed by atoms with Crippen LogP contribution in [-0.4, -0.2) is 23.0 Å². The highest BCUT2D eigenvalue weighted by molar-refractivity contribution is 6.31. The SMILES string of the molecule is CN(N)C(=N)c1oc2cc(Cl)ccc2c1O. The molecule has 6 heteroatoms. The smallest absolute Gasteiger partial charge is 0.212 e. The molecular formula is C10H10ClN3O2. The number of aromatic hydroxyl groups is 1. The van der Waals surface area contributed by atoms with Gasteiger partial charge in [-0.05, 0) is 12.1 Å². The Bertz CT molecular complexity index is 562. The number of benzene rings is 1. The van der Waals surface area contributed by atoms with Gasteiger partial charge in [-0.15, -0.1) is 0 Å². The molecule has 1 heterocycles. The molecule has 0 unspecified atom stereocenters. The van der Waals surface area contributed by atoms with Crippen LogP contribution >= 0.6 is 11.6 Å². The summed E-state index contributed by atoms with van der Waals surface area (Å²) in [4.78, 5) is 0. The van der Waals surface area contributed by atoms with Crippen molar-refractivity contribution in [1.82, 2.24) is 5.01 Å². The van der Waals surface area contributed by atoms with Crippen LogP contribution < -0.4 is 5.84 Å². The van der Waals surface area contributed by atoms with Gasteiger partial charge >= 0.3 is 0 Å². The van der Waals surface area contributed by atoms with Gasteiger partial charge in [0.05, 0.1) is 5.39 Å². The van der Waals surface area contributed by atoms with Gasteiger partial charge in [0, 0.05) is 18.1 Å². The monoisotopic (exact) mass is 239 g/mol. The van der Waals surface area contributed by atoms with E-state index in [0.29, 0.717) is 16.0 Å². The number of hydrogen-bond acceptors (Lipinski definition) is 4. The predicted molar refractivity (Wildman–Crippen MR) is 61.7 cm³/mol. The van der Waals surface area contributed by atoms with Crippen LogP contribution in [0.15, 0.2) is 22.6 Å². The zero-order valence-electron chi connectivity index (χ0n) is 8.49. The first-order chi connectivity index (χ1) is 7.50. The van der Waals surface area contributed by atoms with Gasteiger partial charge in [-0.3, -0.25) is 10.4 Å². The van der Waals surface area contributed by atoms with E-state index in [1.54, 1.807) is 18.2 Å². The molecular weight excluding hydrogens is 230 g/mol. The second-order valence-electron chi connectivity index (χ2n) is 3.38. The Morgan fingerprint density at radius 2 is 2.25 bits per heavy atom. The van der Waals surface area contributed by atoms with Gasteiger partial charge in [-0.2, -0.15) is 0 Å². The molecule has 5 nitrogen and oxygen atoms in total. The van der Waals surface area contributed by atoms with Gasteiger partial charge in [-0.1, -0.05) is 11.6 Å². The Labute approximate surface area is 96.5 Å². The molecule has 0 fully saturated rings. The Balaban J connectivity index is 2.64. The highest BCUT2D eigenvalue weighted by Crippen LogP contribution is 2.33. The summed E-state index contributed by atoms with van der Waals surface area (Å²) >= 11 is 5.79. The Morgan fingerprint density at radius 3 is 2.88 bits per heavy atom. The van der Waals surface area contributed by atoms with Crippen molar-refractivity contribution in [2.24, 2.45) is 5.84 Å². The van der Waals surface area contributed by atoms with Crippen molar-refractivity contribution in [3.8, 4) is 5.75 Å². The average molecular weight is 240 g/mol. The summed E-state index contributed by atoms with van der Waals surface area (Å²) in [5, 5.41) is 19.5. The van der Waals surface area contributed by atoms with Crippen LogP contribution in [0, 0.1) is 5.41 Å². The molecule has 0 saturated carbocycles. The summed E-state index contributed by atoms with van der Waals surface area (Å²) in [7, 11) is 1.49. The van der Waals surface area contributed by atoms with E-state index < -0.39 is 0 Å². The van der Waals surface area contributed by atoms with Crippen molar-refractivity contribution in [2.45, 2.75) is 0 Å². The number of fused-ring (bicyclic) bond motifs is 1. The van der Waals surface area contributed by atoms with E-state index >= 15 is 0 Å². The summed E-state index contributed by atoms with van der Waals surface area (Å²) in [6.45, 7) is 0. The lowest BCUT2D eigenvalue weighted by Crippen LogP contribution is -2.32. The van der Waals surface area contributed by atoms with E-state index in [2.05, 4.69) is 0 Å². The van der Waals surface area contributed by atoms with Crippen molar-refractivity contribution in [1.29, 1.82) is 5.41 Å². The Hall–Kier alpha value is -1.72. The maximum Gasteiger partial charge on any atom is 0.212 e. The third-order valence-corrected chi connectivity index (χ3v) is 2.43. The van der Waals surface area contributed by atoms with Gasteiger partial charge < -0.3 is 9.52 Å². The summed E-state index contributed by atoms with van der Waals surface area (Å²) in [6.07, 6.45) is 0. The fourth-order valence-electron chi connectivity index (χ4n) is 1.38. The summed E-state index contributed by atoms with van der Waals surface area (Å²) < 4.78 is 5.32. The van der Waals surface area contributed by atoms with Crippen LogP contribution in [0.5, 0.6) is 5.75 Å². The zero-order valence-corrected chi connectivity index (χ0v) is 9.25. The maximum atomic E-state index is 9.84. The fourth-order valence-corrected chi connectivity index (χ4v) is 1.54. The quantitative estimate of drug-likeness (QED) is 0.307. The minimum Gasteiger partial charge on any atom is -0.504 e. The van der Waals surface area contributed by atoms with Crippen molar-refractivity contribution in [3.63, 3.8) is 0 Å². The Kier molecular flexibility index (Phi) is 2.49. The number of nitrogens with two attached hydrogens (primary N) is 1. The van der Waals surface area contributed by atoms with E-state index in [9.17, 15) is 5.11 Å². The van der Waals surface area contributed by atoms with Gasteiger partial charge in [0.25, 0.3) is 0 Å². The van der Waals surface area contributed by atoms with Crippen molar-refractivity contribution >= 4 is 28.4 Å². The third-order valence-electron chi connectivity index (χ3n) is 2.19. The molecule has 0 aliphatic heterocycles. The molecule has 16 heavy (non-hydrogen) atoms. The lowest BCUT2D eigenvalue weighted by atomic mass is 10.2. The molecule has 2 rings (SSSR count). The topological polar surface area (TPSA) is 86.5 Å². The highest BCUT2D eigenvalue weighted by Gasteiger charge is 2.18. The van der Waals surface area contributed by atoms with Gasteiger partial charge in [0.1, 0.15) is 5.58 Å². The largest absolute Gasteiger partial charge is 0.504 e. The molecule has 0 atom stereocenters. The standard InChI is InChI=1S/C10H10ClN3O2/c1-14(13)10(12)9-8(15)6-3-2-5(11)4-7(6)16-9/h2-4,12,15H,13H2,1H3. The number of nitrogens with zero attached hydrogens (tertiary/aromatic N) is 1. The van der Waals surface area contributed by atoms with E-state index in [1.165, 1.54) is 7.05 Å². The first-order valence-electron chi connectivity index (χ1n) is 4.49. The van der Waals surface area contributed by atoms with Crippen molar-refractivity contribution in [2.75, 3.05) is 7.05 Å². The molecule has 0 radical (unpaired) electrons. The van der Waals surface area contributed by atoms with Crippen molar-refractivity contribution < 1.29 is 9.52 Å². The summed E-state index contributed by atoms with van der Waals surface area (Å²) in [5.74, 6) is 5.22. The molecule has 1 aromatic carbocycles. The van der Waals surface area contributed by atoms with Crippen LogP contribution in [0.3, 0.4) is 0 Å². The third kappa shape index (κ3) is 1.60. The van der Waals surface area contributed by atoms with E-state index in [-0.39, 0.29) is 17.3 Å². The van der Waals surface area contributed by atoms with Crippen LogP contribution in [-0.2, 0) is 0 Å². The van der Waals surface area contributed by atoms with Crippen LogP contribution in [0.4, 0.5) is 0 Å². The molecule has 2 aromatic rings. The summed E-state index contributed by atoms with van der Waals surface area (Å²) in [5.41, 5.74) is 0.423. The van der Waals surface area contributed by atoms with Gasteiger partial charge in [-0.25, -0.2) is 5.84 Å². The molecule has 0 saturated heterocycles. The minimum atomic E-state index is -0.107. The second kappa shape index (κ2) is 3.70.